The molecule has 0 spiro atoms. The van der Waals surface area contributed by atoms with Crippen LogP contribution in [-0.2, 0) is 4.74 Å². The van der Waals surface area contributed by atoms with Crippen LogP contribution in [0.15, 0.2) is 37.9 Å². The second kappa shape index (κ2) is 5.23. The van der Waals surface area contributed by atoms with E-state index in [-0.39, 0.29) is 5.56 Å². The van der Waals surface area contributed by atoms with Crippen LogP contribution in [0.25, 0.3) is 11.0 Å². The highest BCUT2D eigenvalue weighted by Gasteiger charge is 2.16. The van der Waals surface area contributed by atoms with E-state index in [1.54, 1.807) is 18.2 Å². The molecule has 0 aliphatic rings. The van der Waals surface area contributed by atoms with E-state index in [9.17, 15) is 14.4 Å². The zero-order valence-corrected chi connectivity index (χ0v) is 11.3. The quantitative estimate of drug-likeness (QED) is 0.811. The first kappa shape index (κ1) is 13.3. The molecule has 1 N–H and O–H groups in total. The van der Waals surface area contributed by atoms with Gasteiger partial charge < -0.3 is 9.15 Å². The molecule has 2 rings (SSSR count). The average molecular weight is 326 g/mol. The standard InChI is InChI=1S/C12H8BrNO5/c1-18-12(17)14-10(15)8-5-6-4-7(13)2-3-9(6)19-11(8)16/h2-5H,1H3,(H,14,15,17). The van der Waals surface area contributed by atoms with Crippen molar-refractivity contribution in [1.29, 1.82) is 0 Å². The van der Waals surface area contributed by atoms with Crippen molar-refractivity contribution in [3.05, 3.63) is 44.7 Å². The fourth-order valence-electron chi connectivity index (χ4n) is 1.46. The van der Waals surface area contributed by atoms with Crippen LogP contribution in [0.1, 0.15) is 10.4 Å². The molecule has 0 saturated carbocycles. The summed E-state index contributed by atoms with van der Waals surface area (Å²) in [6.45, 7) is 0. The van der Waals surface area contributed by atoms with Crippen LogP contribution < -0.4 is 10.9 Å². The first-order valence-electron chi connectivity index (χ1n) is 5.14. The smallest absolute Gasteiger partial charge is 0.413 e. The Bertz CT molecular complexity index is 722. The summed E-state index contributed by atoms with van der Waals surface area (Å²) in [5.74, 6) is -0.873. The summed E-state index contributed by atoms with van der Waals surface area (Å²) in [6.07, 6.45) is -0.946. The Hall–Kier alpha value is -2.15. The largest absolute Gasteiger partial charge is 0.453 e. The molecule has 19 heavy (non-hydrogen) atoms. The van der Waals surface area contributed by atoms with Crippen LogP contribution in [0, 0.1) is 0 Å². The fourth-order valence-corrected chi connectivity index (χ4v) is 1.84. The van der Waals surface area contributed by atoms with E-state index < -0.39 is 17.6 Å². The monoisotopic (exact) mass is 325 g/mol. The minimum Gasteiger partial charge on any atom is -0.453 e. The van der Waals surface area contributed by atoms with Crippen molar-refractivity contribution in [2.75, 3.05) is 7.11 Å². The number of fused-ring (bicyclic) bond motifs is 1. The van der Waals surface area contributed by atoms with Crippen molar-refractivity contribution in [2.24, 2.45) is 0 Å². The lowest BCUT2D eigenvalue weighted by atomic mass is 10.2. The van der Waals surface area contributed by atoms with Crippen molar-refractivity contribution in [3.63, 3.8) is 0 Å². The molecule has 7 heteroatoms. The van der Waals surface area contributed by atoms with E-state index in [0.29, 0.717) is 11.0 Å². The van der Waals surface area contributed by atoms with Gasteiger partial charge in [-0.1, -0.05) is 15.9 Å². The molecule has 0 fully saturated rings. The number of halogens is 1. The van der Waals surface area contributed by atoms with E-state index in [4.69, 9.17) is 4.42 Å². The van der Waals surface area contributed by atoms with Gasteiger partial charge in [0.05, 0.1) is 7.11 Å². The number of amides is 2. The SMILES string of the molecule is COC(=O)NC(=O)c1cc2cc(Br)ccc2oc1=O. The predicted molar refractivity (Wildman–Crippen MR) is 70.1 cm³/mol. The molecule has 0 bridgehead atoms. The first-order chi connectivity index (χ1) is 9.01. The van der Waals surface area contributed by atoms with Gasteiger partial charge in [-0.2, -0.15) is 0 Å². The molecule has 0 aliphatic heterocycles. The molecule has 0 aliphatic carbocycles. The van der Waals surface area contributed by atoms with Gasteiger partial charge in [0.2, 0.25) is 0 Å². The lowest BCUT2D eigenvalue weighted by Gasteiger charge is -2.03. The number of imide groups is 1. The van der Waals surface area contributed by atoms with Crippen molar-refractivity contribution in [1.82, 2.24) is 5.32 Å². The average Bonchev–Trinajstić information content (AvgIpc) is 2.38. The summed E-state index contributed by atoms with van der Waals surface area (Å²) in [4.78, 5) is 34.2. The zero-order valence-electron chi connectivity index (χ0n) is 9.73. The summed E-state index contributed by atoms with van der Waals surface area (Å²) in [7, 11) is 1.11. The van der Waals surface area contributed by atoms with Gasteiger partial charge in [0, 0.05) is 9.86 Å². The summed E-state index contributed by atoms with van der Waals surface area (Å²) < 4.78 is 10.0. The summed E-state index contributed by atoms with van der Waals surface area (Å²) in [6, 6.07) is 6.35. The van der Waals surface area contributed by atoms with Crippen LogP contribution in [0.2, 0.25) is 0 Å². The number of carbonyl (C=O) groups excluding carboxylic acids is 2. The number of carbonyl (C=O) groups is 2. The topological polar surface area (TPSA) is 85.6 Å². The third kappa shape index (κ3) is 2.82. The Kier molecular flexibility index (Phi) is 3.66. The Morgan fingerprint density at radius 2 is 2.05 bits per heavy atom. The Balaban J connectivity index is 2.48. The van der Waals surface area contributed by atoms with Crippen molar-refractivity contribution >= 4 is 38.9 Å². The maximum Gasteiger partial charge on any atom is 0.413 e. The number of rotatable bonds is 1. The van der Waals surface area contributed by atoms with Gasteiger partial charge >= 0.3 is 11.7 Å². The maximum atomic E-state index is 11.7. The van der Waals surface area contributed by atoms with E-state index in [2.05, 4.69) is 20.7 Å². The summed E-state index contributed by atoms with van der Waals surface area (Å²) in [5.41, 5.74) is -0.741. The third-order valence-corrected chi connectivity index (χ3v) is 2.83. The highest BCUT2D eigenvalue weighted by Crippen LogP contribution is 2.19. The Morgan fingerprint density at radius 1 is 1.32 bits per heavy atom. The normalized spacial score (nSPS) is 10.2. The number of nitrogens with one attached hydrogen (secondary N) is 1. The minimum atomic E-state index is -0.946. The van der Waals surface area contributed by atoms with E-state index >= 15 is 0 Å². The van der Waals surface area contributed by atoms with Gasteiger partial charge in [0.25, 0.3) is 5.91 Å². The molecule has 1 aromatic heterocycles. The maximum absolute atomic E-state index is 11.7. The van der Waals surface area contributed by atoms with E-state index in [1.807, 2.05) is 5.32 Å². The van der Waals surface area contributed by atoms with Crippen molar-refractivity contribution in [2.45, 2.75) is 0 Å². The number of hydrogen-bond acceptors (Lipinski definition) is 5. The van der Waals surface area contributed by atoms with Gasteiger partial charge in [-0.15, -0.1) is 0 Å². The first-order valence-corrected chi connectivity index (χ1v) is 5.93. The lowest BCUT2D eigenvalue weighted by molar-refractivity contribution is 0.0933. The van der Waals surface area contributed by atoms with Crippen LogP contribution in [0.4, 0.5) is 4.79 Å². The molecular weight excluding hydrogens is 318 g/mol. The fraction of sp³-hybridized carbons (Fsp3) is 0.0833. The molecule has 2 amide bonds. The van der Waals surface area contributed by atoms with Gasteiger partial charge in [0.1, 0.15) is 11.1 Å². The molecule has 0 saturated heterocycles. The van der Waals surface area contributed by atoms with Crippen molar-refractivity contribution in [3.8, 4) is 0 Å². The number of benzene rings is 1. The third-order valence-electron chi connectivity index (χ3n) is 2.34. The molecule has 0 unspecified atom stereocenters. The molecule has 0 atom stereocenters. The van der Waals surface area contributed by atoms with Gasteiger partial charge in [0.15, 0.2) is 0 Å². The summed E-state index contributed by atoms with van der Waals surface area (Å²) in [5, 5.41) is 2.45. The van der Waals surface area contributed by atoms with Gasteiger partial charge in [-0.3, -0.25) is 10.1 Å². The molecule has 0 radical (unpaired) electrons. The number of methoxy groups -OCH3 is 1. The van der Waals surface area contributed by atoms with Crippen LogP contribution >= 0.6 is 15.9 Å². The second-order valence-corrected chi connectivity index (χ2v) is 4.49. The van der Waals surface area contributed by atoms with Crippen LogP contribution in [0.5, 0.6) is 0 Å². The van der Waals surface area contributed by atoms with E-state index in [0.717, 1.165) is 11.6 Å². The van der Waals surface area contributed by atoms with Crippen LogP contribution in [-0.4, -0.2) is 19.1 Å². The molecule has 2 aromatic rings. The zero-order chi connectivity index (χ0) is 14.0. The summed E-state index contributed by atoms with van der Waals surface area (Å²) >= 11 is 3.27. The van der Waals surface area contributed by atoms with Crippen LogP contribution in [0.3, 0.4) is 0 Å². The molecular formula is C12H8BrNO5. The van der Waals surface area contributed by atoms with E-state index in [1.165, 1.54) is 6.07 Å². The second-order valence-electron chi connectivity index (χ2n) is 3.58. The molecule has 1 heterocycles. The van der Waals surface area contributed by atoms with Gasteiger partial charge in [-0.25, -0.2) is 9.59 Å². The number of alkyl carbamates (subject to hydrolysis) is 1. The predicted octanol–water partition coefficient (Wildman–Crippen LogP) is 2.05. The molecule has 1 aromatic carbocycles. The Labute approximate surface area is 115 Å². The highest BCUT2D eigenvalue weighted by molar-refractivity contribution is 9.10. The Morgan fingerprint density at radius 3 is 2.74 bits per heavy atom. The lowest BCUT2D eigenvalue weighted by Crippen LogP contribution is -2.33. The minimum absolute atomic E-state index is 0.268. The molecule has 98 valence electrons. The number of ether oxygens (including phenoxy) is 1. The molecule has 6 nitrogen and oxygen atoms in total. The van der Waals surface area contributed by atoms with Crippen molar-refractivity contribution < 1.29 is 18.7 Å². The van der Waals surface area contributed by atoms with Gasteiger partial charge in [-0.05, 0) is 24.3 Å². The number of hydrogen-bond donors (Lipinski definition) is 1. The highest BCUT2D eigenvalue weighted by atomic mass is 79.9.